The summed E-state index contributed by atoms with van der Waals surface area (Å²) >= 11 is 5.85. The molecular formula is C14H14ClN5O. The molecule has 0 radical (unpaired) electrons. The molecule has 0 saturated heterocycles. The molecule has 3 rings (SSSR count). The Balaban J connectivity index is 1.96. The van der Waals surface area contributed by atoms with E-state index in [0.29, 0.717) is 29.8 Å². The number of nitrogen functional groups attached to an aromatic ring is 1. The first kappa shape index (κ1) is 13.8. The van der Waals surface area contributed by atoms with Gasteiger partial charge in [-0.15, -0.1) is 0 Å². The Morgan fingerprint density at radius 2 is 2.05 bits per heavy atom. The highest BCUT2D eigenvalue weighted by Crippen LogP contribution is 2.20. The number of anilines is 1. The molecule has 1 aromatic carbocycles. The summed E-state index contributed by atoms with van der Waals surface area (Å²) in [4.78, 5) is 8.10. The van der Waals surface area contributed by atoms with Gasteiger partial charge in [-0.25, -0.2) is 9.67 Å². The molecule has 0 unspecified atom stereocenters. The summed E-state index contributed by atoms with van der Waals surface area (Å²) in [5.41, 5.74) is 8.57. The van der Waals surface area contributed by atoms with Gasteiger partial charge in [-0.2, -0.15) is 10.1 Å². The number of aromatic nitrogens is 4. The van der Waals surface area contributed by atoms with Crippen LogP contribution in [0.4, 0.5) is 5.82 Å². The second kappa shape index (κ2) is 5.67. The van der Waals surface area contributed by atoms with Gasteiger partial charge in [-0.1, -0.05) is 24.3 Å². The summed E-state index contributed by atoms with van der Waals surface area (Å²) in [6.45, 7) is 0.684. The molecule has 0 aliphatic rings. The minimum absolute atomic E-state index is 0.107. The largest absolute Gasteiger partial charge is 0.396 e. The predicted molar refractivity (Wildman–Crippen MR) is 81.1 cm³/mol. The van der Waals surface area contributed by atoms with Gasteiger partial charge in [0.25, 0.3) is 0 Å². The average molecular weight is 304 g/mol. The highest BCUT2D eigenvalue weighted by Gasteiger charge is 2.10. The fourth-order valence-electron chi connectivity index (χ4n) is 2.25. The second-order valence-electron chi connectivity index (χ2n) is 4.71. The van der Waals surface area contributed by atoms with Crippen LogP contribution in [0.15, 0.2) is 30.5 Å². The summed E-state index contributed by atoms with van der Waals surface area (Å²) in [5.74, 6) is 0.324. The summed E-state index contributed by atoms with van der Waals surface area (Å²) in [7, 11) is 0. The van der Waals surface area contributed by atoms with E-state index in [1.54, 1.807) is 10.9 Å². The van der Waals surface area contributed by atoms with Crippen molar-refractivity contribution in [2.24, 2.45) is 0 Å². The third kappa shape index (κ3) is 2.81. The van der Waals surface area contributed by atoms with Gasteiger partial charge in [0.2, 0.25) is 5.28 Å². The number of rotatable bonds is 4. The van der Waals surface area contributed by atoms with Crippen LogP contribution in [-0.4, -0.2) is 31.5 Å². The lowest BCUT2D eigenvalue weighted by Crippen LogP contribution is -2.04. The molecule has 2 aromatic heterocycles. The van der Waals surface area contributed by atoms with Crippen molar-refractivity contribution in [3.05, 3.63) is 46.9 Å². The van der Waals surface area contributed by atoms with Crippen LogP contribution in [0.3, 0.4) is 0 Å². The zero-order chi connectivity index (χ0) is 14.8. The van der Waals surface area contributed by atoms with Crippen molar-refractivity contribution in [2.75, 3.05) is 12.3 Å². The Morgan fingerprint density at radius 3 is 2.86 bits per heavy atom. The van der Waals surface area contributed by atoms with E-state index in [1.165, 1.54) is 0 Å². The maximum Gasteiger partial charge on any atom is 0.226 e. The maximum absolute atomic E-state index is 9.01. The highest BCUT2D eigenvalue weighted by molar-refractivity contribution is 6.28. The first-order valence-corrected chi connectivity index (χ1v) is 6.88. The molecule has 0 atom stereocenters. The van der Waals surface area contributed by atoms with Gasteiger partial charge in [0.05, 0.1) is 18.1 Å². The van der Waals surface area contributed by atoms with Crippen molar-refractivity contribution in [3.8, 4) is 0 Å². The topological polar surface area (TPSA) is 89.9 Å². The Labute approximate surface area is 126 Å². The molecule has 0 aliphatic heterocycles. The monoisotopic (exact) mass is 303 g/mol. The third-order valence-corrected chi connectivity index (χ3v) is 3.39. The van der Waals surface area contributed by atoms with E-state index < -0.39 is 0 Å². The molecule has 0 bridgehead atoms. The van der Waals surface area contributed by atoms with Gasteiger partial charge >= 0.3 is 0 Å². The van der Waals surface area contributed by atoms with Gasteiger partial charge in [0.1, 0.15) is 5.82 Å². The minimum atomic E-state index is 0.107. The van der Waals surface area contributed by atoms with E-state index >= 15 is 0 Å². The van der Waals surface area contributed by atoms with Crippen LogP contribution in [0.25, 0.3) is 11.0 Å². The second-order valence-corrected chi connectivity index (χ2v) is 5.05. The van der Waals surface area contributed by atoms with E-state index in [4.69, 9.17) is 22.4 Å². The molecule has 21 heavy (non-hydrogen) atoms. The zero-order valence-corrected chi connectivity index (χ0v) is 12.0. The van der Waals surface area contributed by atoms with Gasteiger partial charge in [0, 0.05) is 6.61 Å². The van der Waals surface area contributed by atoms with Gasteiger partial charge in [-0.05, 0) is 29.1 Å². The quantitative estimate of drug-likeness (QED) is 0.715. The van der Waals surface area contributed by atoms with E-state index in [-0.39, 0.29) is 11.9 Å². The van der Waals surface area contributed by atoms with E-state index in [2.05, 4.69) is 15.1 Å². The first-order valence-electron chi connectivity index (χ1n) is 6.50. The van der Waals surface area contributed by atoms with Crippen molar-refractivity contribution in [1.29, 1.82) is 0 Å². The molecule has 3 aromatic rings. The Morgan fingerprint density at radius 1 is 1.24 bits per heavy atom. The minimum Gasteiger partial charge on any atom is -0.396 e. The van der Waals surface area contributed by atoms with Crippen molar-refractivity contribution < 1.29 is 5.11 Å². The van der Waals surface area contributed by atoms with Crippen LogP contribution in [0.5, 0.6) is 0 Å². The number of hydrogen-bond acceptors (Lipinski definition) is 5. The maximum atomic E-state index is 9.01. The average Bonchev–Trinajstić information content (AvgIpc) is 2.83. The molecule has 0 spiro atoms. The Kier molecular flexibility index (Phi) is 3.72. The van der Waals surface area contributed by atoms with Crippen LogP contribution < -0.4 is 5.73 Å². The van der Waals surface area contributed by atoms with Crippen LogP contribution in [0, 0.1) is 0 Å². The standard InChI is InChI=1S/C14H14ClN5O/c15-14-18-12(16)11-7-17-20(13(11)19-14)8-10-3-1-2-9(6-10)4-5-21/h1-3,6-7,21H,4-5,8H2,(H2,16,18,19). The fourth-order valence-corrected chi connectivity index (χ4v) is 2.42. The van der Waals surface area contributed by atoms with E-state index in [9.17, 15) is 0 Å². The van der Waals surface area contributed by atoms with E-state index in [0.717, 1.165) is 11.1 Å². The van der Waals surface area contributed by atoms with Crippen molar-refractivity contribution in [2.45, 2.75) is 13.0 Å². The van der Waals surface area contributed by atoms with Gasteiger partial charge in [0.15, 0.2) is 5.65 Å². The molecule has 6 nitrogen and oxygen atoms in total. The Bertz CT molecular complexity index is 786. The van der Waals surface area contributed by atoms with E-state index in [1.807, 2.05) is 24.3 Å². The number of nitrogens with zero attached hydrogens (tertiary/aromatic N) is 4. The lowest BCUT2D eigenvalue weighted by Gasteiger charge is -2.06. The van der Waals surface area contributed by atoms with Gasteiger partial charge < -0.3 is 10.8 Å². The summed E-state index contributed by atoms with van der Waals surface area (Å²) in [6, 6.07) is 7.98. The smallest absolute Gasteiger partial charge is 0.226 e. The number of aliphatic hydroxyl groups is 1. The van der Waals surface area contributed by atoms with Crippen molar-refractivity contribution in [1.82, 2.24) is 19.7 Å². The normalized spacial score (nSPS) is 11.1. The zero-order valence-electron chi connectivity index (χ0n) is 11.2. The number of hydrogen-bond donors (Lipinski definition) is 2. The van der Waals surface area contributed by atoms with Crippen LogP contribution in [0.2, 0.25) is 5.28 Å². The summed E-state index contributed by atoms with van der Waals surface area (Å²) in [5, 5.41) is 14.1. The molecule has 0 amide bonds. The number of nitrogens with two attached hydrogens (primary N) is 1. The number of benzene rings is 1. The summed E-state index contributed by atoms with van der Waals surface area (Å²) < 4.78 is 1.73. The number of fused-ring (bicyclic) bond motifs is 1. The molecule has 3 N–H and O–H groups in total. The third-order valence-electron chi connectivity index (χ3n) is 3.22. The lowest BCUT2D eigenvalue weighted by molar-refractivity contribution is 0.299. The highest BCUT2D eigenvalue weighted by atomic mass is 35.5. The fraction of sp³-hybridized carbons (Fsp3) is 0.214. The van der Waals surface area contributed by atoms with Crippen LogP contribution in [0.1, 0.15) is 11.1 Å². The SMILES string of the molecule is Nc1nc(Cl)nc2c1cnn2Cc1cccc(CCO)c1. The van der Waals surface area contributed by atoms with Crippen LogP contribution in [-0.2, 0) is 13.0 Å². The first-order chi connectivity index (χ1) is 10.2. The number of aliphatic hydroxyl groups excluding tert-OH is 1. The van der Waals surface area contributed by atoms with Crippen molar-refractivity contribution >= 4 is 28.5 Å². The molecular weight excluding hydrogens is 290 g/mol. The molecule has 0 saturated carbocycles. The van der Waals surface area contributed by atoms with Gasteiger partial charge in [-0.3, -0.25) is 0 Å². The molecule has 2 heterocycles. The predicted octanol–water partition coefficient (Wildman–Crippen LogP) is 1.64. The van der Waals surface area contributed by atoms with Crippen molar-refractivity contribution in [3.63, 3.8) is 0 Å². The van der Waals surface area contributed by atoms with Crippen LogP contribution >= 0.6 is 11.6 Å². The molecule has 0 fully saturated rings. The Hall–Kier alpha value is -2.18. The molecule has 7 heteroatoms. The molecule has 0 aliphatic carbocycles. The molecule has 108 valence electrons. The lowest BCUT2D eigenvalue weighted by atomic mass is 10.1. The summed E-state index contributed by atoms with van der Waals surface area (Å²) in [6.07, 6.45) is 2.27. The number of halogens is 1.